The van der Waals surface area contributed by atoms with Crippen molar-refractivity contribution in [3.05, 3.63) is 89.0 Å². The highest BCUT2D eigenvalue weighted by Crippen LogP contribution is 2.19. The number of aromatic nitrogens is 2. The number of imidazole rings is 1. The van der Waals surface area contributed by atoms with Gasteiger partial charge in [0.05, 0.1) is 11.0 Å². The number of H-pyrrole nitrogens is 1. The van der Waals surface area contributed by atoms with Crippen LogP contribution < -0.4 is 9.80 Å². The Hall–Kier alpha value is -3.93. The highest BCUT2D eigenvalue weighted by molar-refractivity contribution is 5.99. The summed E-state index contributed by atoms with van der Waals surface area (Å²) in [5.41, 5.74) is 5.99. The quantitative estimate of drug-likeness (QED) is 0.407. The molecule has 0 spiro atoms. The zero-order chi connectivity index (χ0) is 23.5. The fourth-order valence-electron chi connectivity index (χ4n) is 3.69. The van der Waals surface area contributed by atoms with Crippen molar-refractivity contribution in [2.24, 2.45) is 0 Å². The zero-order valence-electron chi connectivity index (χ0n) is 19.4. The molecule has 4 aromatic rings. The normalized spacial score (nSPS) is 10.9. The molecule has 3 aromatic carbocycles. The lowest BCUT2D eigenvalue weighted by Crippen LogP contribution is -2.09. The number of anilines is 2. The second-order valence-corrected chi connectivity index (χ2v) is 8.64. The molecule has 0 amide bonds. The molecule has 1 aromatic heterocycles. The van der Waals surface area contributed by atoms with Crippen molar-refractivity contribution in [3.8, 4) is 0 Å². The van der Waals surface area contributed by atoms with E-state index in [0.29, 0.717) is 24.0 Å². The number of benzene rings is 3. The number of nitrogens with zero attached hydrogens (tertiary/aromatic N) is 3. The van der Waals surface area contributed by atoms with Crippen molar-refractivity contribution in [3.63, 3.8) is 0 Å². The van der Waals surface area contributed by atoms with E-state index in [0.717, 1.165) is 33.8 Å². The third-order valence-electron chi connectivity index (χ3n) is 5.67. The van der Waals surface area contributed by atoms with Gasteiger partial charge >= 0.3 is 0 Å². The van der Waals surface area contributed by atoms with Crippen molar-refractivity contribution in [1.82, 2.24) is 9.97 Å². The van der Waals surface area contributed by atoms with Crippen LogP contribution in [0.3, 0.4) is 0 Å². The summed E-state index contributed by atoms with van der Waals surface area (Å²) >= 11 is 0. The first-order valence-electron chi connectivity index (χ1n) is 10.9. The molecule has 6 nitrogen and oxygen atoms in total. The molecular formula is C27H28N4O2. The fraction of sp³-hybridized carbons (Fsp3) is 0.222. The lowest BCUT2D eigenvalue weighted by Gasteiger charge is -2.12. The van der Waals surface area contributed by atoms with Crippen LogP contribution in [0.15, 0.2) is 66.7 Å². The molecule has 6 heteroatoms. The van der Waals surface area contributed by atoms with E-state index in [1.165, 1.54) is 0 Å². The van der Waals surface area contributed by atoms with E-state index in [1.54, 1.807) is 12.1 Å². The molecule has 4 rings (SSSR count). The standard InChI is InChI=1S/C27H28N4O2/c1-30(2)22-12-10-21(11-13-22)25(32)16-18-5-8-20(9-6-18)26(33)17-19-7-14-23-24(15-19)29-27(28-23)31(3)4/h5-15H,16-17H2,1-4H3,(H,28,29). The fourth-order valence-corrected chi connectivity index (χ4v) is 3.69. The topological polar surface area (TPSA) is 69.3 Å². The molecule has 0 atom stereocenters. The van der Waals surface area contributed by atoms with Gasteiger partial charge in [-0.1, -0.05) is 30.3 Å². The van der Waals surface area contributed by atoms with Gasteiger partial charge in [0.2, 0.25) is 5.95 Å². The van der Waals surface area contributed by atoms with Gasteiger partial charge in [0.15, 0.2) is 11.6 Å². The van der Waals surface area contributed by atoms with E-state index in [4.69, 9.17) is 0 Å². The molecule has 168 valence electrons. The highest BCUT2D eigenvalue weighted by atomic mass is 16.1. The predicted molar refractivity (Wildman–Crippen MR) is 134 cm³/mol. The molecular weight excluding hydrogens is 412 g/mol. The molecule has 33 heavy (non-hydrogen) atoms. The number of nitrogens with one attached hydrogen (secondary N) is 1. The number of hydrogen-bond donors (Lipinski definition) is 1. The molecule has 1 heterocycles. The maximum absolute atomic E-state index is 12.8. The Kier molecular flexibility index (Phi) is 6.27. The smallest absolute Gasteiger partial charge is 0.203 e. The van der Waals surface area contributed by atoms with E-state index in [9.17, 15) is 9.59 Å². The number of rotatable bonds is 8. The Morgan fingerprint density at radius 1 is 0.727 bits per heavy atom. The third kappa shape index (κ3) is 5.12. The Morgan fingerprint density at radius 3 is 1.85 bits per heavy atom. The monoisotopic (exact) mass is 440 g/mol. The van der Waals surface area contributed by atoms with Crippen LogP contribution in [0.1, 0.15) is 31.8 Å². The van der Waals surface area contributed by atoms with Gasteiger partial charge in [0, 0.05) is 57.8 Å². The molecule has 0 fully saturated rings. The summed E-state index contributed by atoms with van der Waals surface area (Å²) in [7, 11) is 7.80. The van der Waals surface area contributed by atoms with Gasteiger partial charge in [0.1, 0.15) is 0 Å². The summed E-state index contributed by atoms with van der Waals surface area (Å²) in [6.07, 6.45) is 0.614. The van der Waals surface area contributed by atoms with Gasteiger partial charge in [-0.05, 0) is 47.5 Å². The second kappa shape index (κ2) is 9.28. The third-order valence-corrected chi connectivity index (χ3v) is 5.67. The Bertz CT molecular complexity index is 1290. The molecule has 0 saturated heterocycles. The van der Waals surface area contributed by atoms with Crippen LogP contribution in [0.2, 0.25) is 0 Å². The zero-order valence-corrected chi connectivity index (χ0v) is 19.4. The van der Waals surface area contributed by atoms with Gasteiger partial charge in [-0.2, -0.15) is 0 Å². The minimum atomic E-state index is 0.0406. The first-order valence-corrected chi connectivity index (χ1v) is 10.9. The number of hydrogen-bond acceptors (Lipinski definition) is 5. The van der Waals surface area contributed by atoms with Crippen LogP contribution in [0, 0.1) is 0 Å². The average molecular weight is 441 g/mol. The lowest BCUT2D eigenvalue weighted by atomic mass is 9.98. The lowest BCUT2D eigenvalue weighted by molar-refractivity contribution is 0.0986. The van der Waals surface area contributed by atoms with E-state index < -0.39 is 0 Å². The SMILES string of the molecule is CN(C)c1ccc(C(=O)Cc2ccc(C(=O)Cc3ccc4nc(N(C)C)[nH]c4c3)cc2)cc1. The van der Waals surface area contributed by atoms with Gasteiger partial charge < -0.3 is 14.8 Å². The molecule has 0 aliphatic heterocycles. The van der Waals surface area contributed by atoms with E-state index in [2.05, 4.69) is 9.97 Å². The van der Waals surface area contributed by atoms with E-state index in [1.807, 2.05) is 92.6 Å². The summed E-state index contributed by atoms with van der Waals surface area (Å²) in [6, 6.07) is 20.8. The number of carbonyl (C=O) groups excluding carboxylic acids is 2. The van der Waals surface area contributed by atoms with Gasteiger partial charge in [-0.3, -0.25) is 9.59 Å². The minimum absolute atomic E-state index is 0.0406. The van der Waals surface area contributed by atoms with E-state index >= 15 is 0 Å². The number of Topliss-reactive ketones (excluding diaryl/α,β-unsaturated/α-hetero) is 2. The summed E-state index contributed by atoms with van der Waals surface area (Å²) in [6.45, 7) is 0. The first-order chi connectivity index (χ1) is 15.8. The van der Waals surface area contributed by atoms with Crippen molar-refractivity contribution in [2.45, 2.75) is 12.8 Å². The van der Waals surface area contributed by atoms with Crippen LogP contribution in [0.4, 0.5) is 11.6 Å². The van der Waals surface area contributed by atoms with Gasteiger partial charge in [-0.15, -0.1) is 0 Å². The van der Waals surface area contributed by atoms with Crippen molar-refractivity contribution < 1.29 is 9.59 Å². The number of aromatic amines is 1. The highest BCUT2D eigenvalue weighted by Gasteiger charge is 2.12. The van der Waals surface area contributed by atoms with Crippen LogP contribution in [-0.4, -0.2) is 49.7 Å². The Labute approximate surface area is 193 Å². The summed E-state index contributed by atoms with van der Waals surface area (Å²) in [5, 5.41) is 0. The average Bonchev–Trinajstić information content (AvgIpc) is 3.23. The number of ketones is 2. The van der Waals surface area contributed by atoms with Crippen molar-refractivity contribution in [2.75, 3.05) is 38.0 Å². The summed E-state index contributed by atoms with van der Waals surface area (Å²) in [4.78, 5) is 37.1. The Morgan fingerprint density at radius 2 is 1.27 bits per heavy atom. The van der Waals surface area contributed by atoms with Crippen LogP contribution in [0.25, 0.3) is 11.0 Å². The van der Waals surface area contributed by atoms with Gasteiger partial charge in [-0.25, -0.2) is 4.98 Å². The Balaban J connectivity index is 1.40. The molecule has 0 radical (unpaired) electrons. The molecule has 1 N–H and O–H groups in total. The van der Waals surface area contributed by atoms with Crippen LogP contribution in [0.5, 0.6) is 0 Å². The van der Waals surface area contributed by atoms with Crippen LogP contribution in [-0.2, 0) is 12.8 Å². The molecule has 0 aliphatic rings. The first kappa shape index (κ1) is 22.3. The summed E-state index contributed by atoms with van der Waals surface area (Å²) < 4.78 is 0. The van der Waals surface area contributed by atoms with E-state index in [-0.39, 0.29) is 11.6 Å². The molecule has 0 bridgehead atoms. The molecule has 0 aliphatic carbocycles. The van der Waals surface area contributed by atoms with Crippen LogP contribution >= 0.6 is 0 Å². The number of fused-ring (bicyclic) bond motifs is 1. The maximum atomic E-state index is 12.8. The van der Waals surface area contributed by atoms with Crippen molar-refractivity contribution >= 4 is 34.2 Å². The molecule has 0 unspecified atom stereocenters. The maximum Gasteiger partial charge on any atom is 0.203 e. The summed E-state index contributed by atoms with van der Waals surface area (Å²) in [5.74, 6) is 0.885. The molecule has 0 saturated carbocycles. The predicted octanol–water partition coefficient (Wildman–Crippen LogP) is 4.55. The minimum Gasteiger partial charge on any atom is -0.378 e. The second-order valence-electron chi connectivity index (χ2n) is 8.64. The van der Waals surface area contributed by atoms with Crippen molar-refractivity contribution in [1.29, 1.82) is 0 Å². The largest absolute Gasteiger partial charge is 0.378 e. The van der Waals surface area contributed by atoms with Gasteiger partial charge in [0.25, 0.3) is 0 Å². The number of carbonyl (C=O) groups is 2.